The summed E-state index contributed by atoms with van der Waals surface area (Å²) in [6.07, 6.45) is 2.56. The molecule has 33 heavy (non-hydrogen) atoms. The number of carbonyl (C=O) groups is 3. The summed E-state index contributed by atoms with van der Waals surface area (Å²) >= 11 is 0. The molecule has 0 N–H and O–H groups in total. The molecule has 0 bridgehead atoms. The number of rotatable bonds is 10. The number of aryl methyl sites for hydroxylation is 1. The fourth-order valence-corrected chi connectivity index (χ4v) is 3.91. The van der Waals surface area contributed by atoms with Crippen molar-refractivity contribution in [1.82, 2.24) is 4.90 Å². The number of ketones is 1. The number of methoxy groups -OCH3 is 3. The van der Waals surface area contributed by atoms with Crippen LogP contribution in [0.4, 0.5) is 0 Å². The first kappa shape index (κ1) is 24.1. The van der Waals surface area contributed by atoms with E-state index in [1.54, 1.807) is 0 Å². The van der Waals surface area contributed by atoms with Crippen LogP contribution in [-0.4, -0.2) is 63.1 Å². The third-order valence-electron chi connectivity index (χ3n) is 5.60. The minimum Gasteiger partial charge on any atom is -0.493 e. The third kappa shape index (κ3) is 5.63. The maximum Gasteiger partial charge on any atom is 0.328 e. The number of ether oxygens (including phenoxy) is 4. The topological polar surface area (TPSA) is 91.4 Å². The molecule has 2 aromatic rings. The number of nitrogens with zero attached hydrogens (tertiary/aromatic N) is 1. The number of esters is 1. The Kier molecular flexibility index (Phi) is 8.29. The van der Waals surface area contributed by atoms with Crippen molar-refractivity contribution in [3.8, 4) is 17.2 Å². The molecule has 176 valence electrons. The molecule has 0 spiro atoms. The molecular formula is C25H29NO7. The van der Waals surface area contributed by atoms with E-state index in [1.165, 1.54) is 43.9 Å². The highest BCUT2D eigenvalue weighted by Gasteiger charge is 2.38. The highest BCUT2D eigenvalue weighted by molar-refractivity contribution is 6.43. The Balaban J connectivity index is 1.64. The van der Waals surface area contributed by atoms with E-state index in [2.05, 4.69) is 0 Å². The Morgan fingerprint density at radius 1 is 0.970 bits per heavy atom. The summed E-state index contributed by atoms with van der Waals surface area (Å²) in [7, 11) is 4.31. The van der Waals surface area contributed by atoms with Crippen molar-refractivity contribution >= 4 is 17.7 Å². The molecule has 3 rings (SSSR count). The summed E-state index contributed by atoms with van der Waals surface area (Å²) in [5, 5.41) is 0. The standard InChI is InChI=1S/C25H29NO7/c1-30-20-15-18(16-21(31-2)23(20)32-3)22(27)24(28)26-13-7-12-19(26)25(29)33-14-8-11-17-9-5-4-6-10-17/h4-6,9-10,15-16,19H,7-8,11-14H2,1-3H3/t19-/m0/s1. The molecule has 0 saturated carbocycles. The summed E-state index contributed by atoms with van der Waals surface area (Å²) in [5.74, 6) is -1.13. The van der Waals surface area contributed by atoms with Crippen LogP contribution in [0.15, 0.2) is 42.5 Å². The zero-order valence-corrected chi connectivity index (χ0v) is 19.2. The van der Waals surface area contributed by atoms with E-state index >= 15 is 0 Å². The average Bonchev–Trinajstić information content (AvgIpc) is 3.35. The first-order valence-electron chi connectivity index (χ1n) is 10.9. The van der Waals surface area contributed by atoms with Crippen molar-refractivity contribution < 1.29 is 33.3 Å². The van der Waals surface area contributed by atoms with Crippen molar-refractivity contribution in [2.45, 2.75) is 31.7 Å². The minimum absolute atomic E-state index is 0.0939. The van der Waals surface area contributed by atoms with Gasteiger partial charge in [-0.1, -0.05) is 30.3 Å². The van der Waals surface area contributed by atoms with Crippen molar-refractivity contribution in [2.24, 2.45) is 0 Å². The van der Waals surface area contributed by atoms with Crippen molar-refractivity contribution in [2.75, 3.05) is 34.5 Å². The van der Waals surface area contributed by atoms with Crippen LogP contribution in [0, 0.1) is 0 Å². The lowest BCUT2D eigenvalue weighted by Crippen LogP contribution is -2.44. The van der Waals surface area contributed by atoms with Crippen LogP contribution in [0.3, 0.4) is 0 Å². The van der Waals surface area contributed by atoms with Gasteiger partial charge in [0.15, 0.2) is 11.5 Å². The molecule has 0 unspecified atom stereocenters. The van der Waals surface area contributed by atoms with Gasteiger partial charge in [0, 0.05) is 12.1 Å². The Bertz CT molecular complexity index is 964. The van der Waals surface area contributed by atoms with E-state index in [-0.39, 0.29) is 23.7 Å². The SMILES string of the molecule is COc1cc(C(=O)C(=O)N2CCC[C@H]2C(=O)OCCCc2ccccc2)cc(OC)c1OC. The largest absolute Gasteiger partial charge is 0.493 e. The predicted octanol–water partition coefficient (Wildman–Crippen LogP) is 3.06. The molecule has 8 heteroatoms. The number of carbonyl (C=O) groups excluding carboxylic acids is 3. The van der Waals surface area contributed by atoms with Crippen LogP contribution < -0.4 is 14.2 Å². The zero-order valence-electron chi connectivity index (χ0n) is 19.2. The second-order valence-electron chi connectivity index (χ2n) is 7.66. The number of likely N-dealkylation sites (tertiary alicyclic amines) is 1. The van der Waals surface area contributed by atoms with Crippen LogP contribution in [-0.2, 0) is 20.7 Å². The first-order valence-corrected chi connectivity index (χ1v) is 10.9. The molecule has 1 aliphatic rings. The minimum atomic E-state index is -0.764. The first-order chi connectivity index (χ1) is 16.0. The molecule has 1 saturated heterocycles. The summed E-state index contributed by atoms with van der Waals surface area (Å²) in [4.78, 5) is 39.9. The second kappa shape index (κ2) is 11.4. The summed E-state index contributed by atoms with van der Waals surface area (Å²) in [6.45, 7) is 0.575. The number of hydrogen-bond donors (Lipinski definition) is 0. The van der Waals surface area contributed by atoms with Crippen LogP contribution in [0.5, 0.6) is 17.2 Å². The summed E-state index contributed by atoms with van der Waals surface area (Å²) < 4.78 is 21.2. The molecule has 0 radical (unpaired) electrons. The van der Waals surface area contributed by atoms with Crippen LogP contribution in [0.1, 0.15) is 35.2 Å². The van der Waals surface area contributed by atoms with Gasteiger partial charge in [0.05, 0.1) is 27.9 Å². The van der Waals surface area contributed by atoms with Crippen molar-refractivity contribution in [3.05, 3.63) is 53.6 Å². The zero-order chi connectivity index (χ0) is 23.8. The van der Waals surface area contributed by atoms with Crippen LogP contribution in [0.2, 0.25) is 0 Å². The van der Waals surface area contributed by atoms with E-state index in [4.69, 9.17) is 18.9 Å². The monoisotopic (exact) mass is 455 g/mol. The quantitative estimate of drug-likeness (QED) is 0.235. The van der Waals surface area contributed by atoms with E-state index in [1.807, 2.05) is 30.3 Å². The van der Waals surface area contributed by atoms with E-state index in [0.717, 1.165) is 6.42 Å². The fourth-order valence-electron chi connectivity index (χ4n) is 3.91. The maximum atomic E-state index is 13.0. The average molecular weight is 456 g/mol. The highest BCUT2D eigenvalue weighted by Crippen LogP contribution is 2.38. The number of benzene rings is 2. The fraction of sp³-hybridized carbons (Fsp3) is 0.400. The normalized spacial score (nSPS) is 15.1. The lowest BCUT2D eigenvalue weighted by atomic mass is 10.1. The van der Waals surface area contributed by atoms with Gasteiger partial charge in [0.1, 0.15) is 6.04 Å². The van der Waals surface area contributed by atoms with E-state index < -0.39 is 23.7 Å². The summed E-state index contributed by atoms with van der Waals surface area (Å²) in [6, 6.07) is 12.0. The van der Waals surface area contributed by atoms with Gasteiger partial charge in [-0.05, 0) is 43.4 Å². The molecule has 0 aromatic heterocycles. The van der Waals surface area contributed by atoms with Crippen LogP contribution >= 0.6 is 0 Å². The molecule has 1 amide bonds. The molecule has 1 aliphatic heterocycles. The molecule has 0 aliphatic carbocycles. The lowest BCUT2D eigenvalue weighted by Gasteiger charge is -2.23. The number of Topliss-reactive ketones (excluding diaryl/α,β-unsaturated/α-hetero) is 1. The van der Waals surface area contributed by atoms with E-state index in [0.29, 0.717) is 31.6 Å². The number of hydrogen-bond acceptors (Lipinski definition) is 7. The van der Waals surface area contributed by atoms with Gasteiger partial charge < -0.3 is 23.8 Å². The van der Waals surface area contributed by atoms with E-state index in [9.17, 15) is 14.4 Å². The maximum absolute atomic E-state index is 13.0. The van der Waals surface area contributed by atoms with Crippen LogP contribution in [0.25, 0.3) is 0 Å². The van der Waals surface area contributed by atoms with Crippen molar-refractivity contribution in [1.29, 1.82) is 0 Å². The smallest absolute Gasteiger partial charge is 0.328 e. The third-order valence-corrected chi connectivity index (χ3v) is 5.60. The van der Waals surface area contributed by atoms with Gasteiger partial charge in [-0.3, -0.25) is 9.59 Å². The Labute approximate surface area is 193 Å². The second-order valence-corrected chi connectivity index (χ2v) is 7.66. The van der Waals surface area contributed by atoms with Gasteiger partial charge >= 0.3 is 5.97 Å². The molecule has 1 fully saturated rings. The molecule has 8 nitrogen and oxygen atoms in total. The van der Waals surface area contributed by atoms with Gasteiger partial charge in [-0.15, -0.1) is 0 Å². The van der Waals surface area contributed by atoms with Gasteiger partial charge in [-0.2, -0.15) is 0 Å². The molecule has 1 heterocycles. The molecule has 1 atom stereocenters. The Morgan fingerprint density at radius 2 is 1.64 bits per heavy atom. The molecule has 2 aromatic carbocycles. The Hall–Kier alpha value is -3.55. The predicted molar refractivity (Wildman–Crippen MR) is 121 cm³/mol. The number of amides is 1. The van der Waals surface area contributed by atoms with Gasteiger partial charge in [-0.25, -0.2) is 4.79 Å². The van der Waals surface area contributed by atoms with Gasteiger partial charge in [0.2, 0.25) is 5.75 Å². The molecular weight excluding hydrogens is 426 g/mol. The van der Waals surface area contributed by atoms with Crippen molar-refractivity contribution in [3.63, 3.8) is 0 Å². The summed E-state index contributed by atoms with van der Waals surface area (Å²) in [5.41, 5.74) is 1.26. The Morgan fingerprint density at radius 3 is 2.24 bits per heavy atom. The highest BCUT2D eigenvalue weighted by atomic mass is 16.5. The van der Waals surface area contributed by atoms with Gasteiger partial charge in [0.25, 0.3) is 11.7 Å². The lowest BCUT2D eigenvalue weighted by molar-refractivity contribution is -0.152.